The molecule has 0 radical (unpaired) electrons. The molecule has 176 valence electrons. The first-order valence-electron chi connectivity index (χ1n) is 11.4. The van der Waals surface area contributed by atoms with E-state index in [2.05, 4.69) is 22.1 Å². The van der Waals surface area contributed by atoms with Gasteiger partial charge in [-0.1, -0.05) is 29.8 Å². The van der Waals surface area contributed by atoms with Gasteiger partial charge >= 0.3 is 0 Å². The molecule has 33 heavy (non-hydrogen) atoms. The van der Waals surface area contributed by atoms with Gasteiger partial charge in [0.15, 0.2) is 0 Å². The minimum Gasteiger partial charge on any atom is -0.492 e. The summed E-state index contributed by atoms with van der Waals surface area (Å²) in [5.41, 5.74) is 2.48. The van der Waals surface area contributed by atoms with Gasteiger partial charge in [0.25, 0.3) is 0 Å². The van der Waals surface area contributed by atoms with Gasteiger partial charge in [0.05, 0.1) is 17.8 Å². The van der Waals surface area contributed by atoms with Crippen molar-refractivity contribution in [3.63, 3.8) is 0 Å². The molecule has 2 heterocycles. The van der Waals surface area contributed by atoms with Gasteiger partial charge < -0.3 is 14.6 Å². The average molecular weight is 470 g/mol. The zero-order valence-electron chi connectivity index (χ0n) is 19.3. The number of piperidine rings is 1. The highest BCUT2D eigenvalue weighted by molar-refractivity contribution is 6.32. The molecule has 3 aromatic rings. The summed E-state index contributed by atoms with van der Waals surface area (Å²) in [4.78, 5) is 2.27. The Kier molecular flexibility index (Phi) is 7.58. The zero-order valence-corrected chi connectivity index (χ0v) is 20.1. The second-order valence-electron chi connectivity index (χ2n) is 9.04. The first kappa shape index (κ1) is 23.6. The molecule has 0 amide bonds. The quantitative estimate of drug-likeness (QED) is 0.494. The van der Waals surface area contributed by atoms with Crippen LogP contribution >= 0.6 is 11.6 Å². The molecule has 0 spiro atoms. The Morgan fingerprint density at radius 2 is 2.00 bits per heavy atom. The number of halogens is 1. The average Bonchev–Trinajstić information content (AvgIpc) is 3.20. The van der Waals surface area contributed by atoms with Crippen LogP contribution in [0.2, 0.25) is 5.02 Å². The number of hydrogen-bond acceptors (Lipinski definition) is 5. The molecule has 1 N–H and O–H groups in total. The number of likely N-dealkylation sites (tertiary alicyclic amines) is 1. The summed E-state index contributed by atoms with van der Waals surface area (Å²) in [6, 6.07) is 13.8. The summed E-state index contributed by atoms with van der Waals surface area (Å²) >= 11 is 6.25. The van der Waals surface area contributed by atoms with E-state index < -0.39 is 5.60 Å². The van der Waals surface area contributed by atoms with Crippen molar-refractivity contribution < 1.29 is 14.6 Å². The first-order chi connectivity index (χ1) is 15.9. The number of rotatable bonds is 9. The lowest BCUT2D eigenvalue weighted by molar-refractivity contribution is -0.0621. The molecular formula is C26H32ClN3O3. The van der Waals surface area contributed by atoms with E-state index in [1.165, 1.54) is 0 Å². The van der Waals surface area contributed by atoms with E-state index in [0.29, 0.717) is 36.9 Å². The Bertz CT molecular complexity index is 1070. The molecule has 1 aliphatic rings. The van der Waals surface area contributed by atoms with Crippen LogP contribution in [-0.2, 0) is 13.1 Å². The van der Waals surface area contributed by atoms with Crippen molar-refractivity contribution in [2.75, 3.05) is 26.3 Å². The molecule has 0 bridgehead atoms. The van der Waals surface area contributed by atoms with Crippen LogP contribution < -0.4 is 9.47 Å². The van der Waals surface area contributed by atoms with Crippen molar-refractivity contribution in [1.29, 1.82) is 0 Å². The van der Waals surface area contributed by atoms with Crippen molar-refractivity contribution in [2.45, 2.75) is 45.4 Å². The standard InChI is InChI=1S/C26H32ClN3O3/c1-20-7-8-24(27)25(13-20)33-19-26(31)9-4-10-29(18-26)17-22-5-3-6-23(14-22)32-12-11-30-16-21(2)15-28-30/h3,5-8,13-16,31H,4,9-12,17-19H2,1-2H3. The zero-order chi connectivity index (χ0) is 23.3. The van der Waals surface area contributed by atoms with Crippen molar-refractivity contribution >= 4 is 11.6 Å². The number of benzene rings is 2. The maximum absolute atomic E-state index is 11.2. The molecule has 1 fully saturated rings. The third-order valence-electron chi connectivity index (χ3n) is 5.87. The minimum atomic E-state index is -0.901. The van der Waals surface area contributed by atoms with Gasteiger partial charge in [0.2, 0.25) is 0 Å². The Morgan fingerprint density at radius 1 is 1.12 bits per heavy atom. The maximum atomic E-state index is 11.2. The van der Waals surface area contributed by atoms with E-state index in [0.717, 1.165) is 42.0 Å². The molecule has 2 aromatic carbocycles. The predicted octanol–water partition coefficient (Wildman–Crippen LogP) is 4.64. The molecule has 4 rings (SSSR count). The van der Waals surface area contributed by atoms with Gasteiger partial charge in [0, 0.05) is 19.3 Å². The Balaban J connectivity index is 1.30. The minimum absolute atomic E-state index is 0.225. The summed E-state index contributed by atoms with van der Waals surface area (Å²) in [5, 5.41) is 16.0. The van der Waals surface area contributed by atoms with Crippen LogP contribution in [0, 0.1) is 13.8 Å². The van der Waals surface area contributed by atoms with Gasteiger partial charge in [-0.05, 0) is 74.2 Å². The van der Waals surface area contributed by atoms with Crippen molar-refractivity contribution in [1.82, 2.24) is 14.7 Å². The monoisotopic (exact) mass is 469 g/mol. The SMILES string of the molecule is Cc1ccc(Cl)c(OCC2(O)CCCN(Cc3cccc(OCCn4cc(C)cn4)c3)C2)c1. The molecule has 1 atom stereocenters. The predicted molar refractivity (Wildman–Crippen MR) is 130 cm³/mol. The van der Waals surface area contributed by atoms with Crippen LogP contribution in [-0.4, -0.2) is 51.7 Å². The molecule has 1 unspecified atom stereocenters. The van der Waals surface area contributed by atoms with E-state index in [1.807, 2.05) is 61.3 Å². The van der Waals surface area contributed by atoms with E-state index in [-0.39, 0.29) is 6.61 Å². The smallest absolute Gasteiger partial charge is 0.138 e. The van der Waals surface area contributed by atoms with Crippen LogP contribution in [0.15, 0.2) is 54.9 Å². The van der Waals surface area contributed by atoms with Gasteiger partial charge in [0.1, 0.15) is 30.3 Å². The fourth-order valence-electron chi connectivity index (χ4n) is 4.23. The lowest BCUT2D eigenvalue weighted by atomic mass is 9.93. The number of β-amino-alcohol motifs (C(OH)–C–C–N with tert-alkyl or cyclic N) is 1. The maximum Gasteiger partial charge on any atom is 0.138 e. The van der Waals surface area contributed by atoms with Gasteiger partial charge in [-0.2, -0.15) is 5.10 Å². The van der Waals surface area contributed by atoms with Crippen molar-refractivity contribution in [2.24, 2.45) is 0 Å². The van der Waals surface area contributed by atoms with Crippen LogP contribution in [0.25, 0.3) is 0 Å². The van der Waals surface area contributed by atoms with Crippen LogP contribution in [0.5, 0.6) is 11.5 Å². The van der Waals surface area contributed by atoms with Gasteiger partial charge in [-0.25, -0.2) is 0 Å². The van der Waals surface area contributed by atoms with Gasteiger partial charge in [-0.3, -0.25) is 9.58 Å². The Labute approximate surface area is 200 Å². The molecule has 1 aromatic heterocycles. The number of nitrogens with zero attached hydrogens (tertiary/aromatic N) is 3. The topological polar surface area (TPSA) is 59.8 Å². The number of aryl methyl sites for hydroxylation is 2. The third kappa shape index (κ3) is 6.73. The normalized spacial score (nSPS) is 18.9. The fourth-order valence-corrected chi connectivity index (χ4v) is 4.40. The highest BCUT2D eigenvalue weighted by Crippen LogP contribution is 2.29. The number of hydrogen-bond donors (Lipinski definition) is 1. The first-order valence-corrected chi connectivity index (χ1v) is 11.8. The molecular weight excluding hydrogens is 438 g/mol. The van der Waals surface area contributed by atoms with Crippen LogP contribution in [0.1, 0.15) is 29.5 Å². The van der Waals surface area contributed by atoms with E-state index in [4.69, 9.17) is 21.1 Å². The van der Waals surface area contributed by atoms with E-state index in [1.54, 1.807) is 0 Å². The van der Waals surface area contributed by atoms with Gasteiger partial charge in [-0.15, -0.1) is 0 Å². The highest BCUT2D eigenvalue weighted by Gasteiger charge is 2.34. The molecule has 7 heteroatoms. The number of aromatic nitrogens is 2. The lowest BCUT2D eigenvalue weighted by Gasteiger charge is -2.39. The second kappa shape index (κ2) is 10.6. The molecule has 0 saturated carbocycles. The summed E-state index contributed by atoms with van der Waals surface area (Å²) < 4.78 is 13.8. The molecule has 0 aliphatic carbocycles. The third-order valence-corrected chi connectivity index (χ3v) is 6.19. The largest absolute Gasteiger partial charge is 0.492 e. The highest BCUT2D eigenvalue weighted by atomic mass is 35.5. The molecule has 1 aliphatic heterocycles. The lowest BCUT2D eigenvalue weighted by Crippen LogP contribution is -2.51. The fraction of sp³-hybridized carbons (Fsp3) is 0.423. The molecule has 1 saturated heterocycles. The van der Waals surface area contributed by atoms with Crippen molar-refractivity contribution in [3.8, 4) is 11.5 Å². The van der Waals surface area contributed by atoms with Crippen LogP contribution in [0.4, 0.5) is 0 Å². The second-order valence-corrected chi connectivity index (χ2v) is 9.44. The van der Waals surface area contributed by atoms with E-state index in [9.17, 15) is 5.11 Å². The van der Waals surface area contributed by atoms with Crippen molar-refractivity contribution in [3.05, 3.63) is 76.6 Å². The molecule has 6 nitrogen and oxygen atoms in total. The summed E-state index contributed by atoms with van der Waals surface area (Å²) in [5.74, 6) is 1.47. The Morgan fingerprint density at radius 3 is 2.82 bits per heavy atom. The summed E-state index contributed by atoms with van der Waals surface area (Å²) in [6.45, 7) is 7.77. The summed E-state index contributed by atoms with van der Waals surface area (Å²) in [6.07, 6.45) is 5.48. The number of aliphatic hydroxyl groups is 1. The van der Waals surface area contributed by atoms with E-state index >= 15 is 0 Å². The number of ether oxygens (including phenoxy) is 2. The Hall–Kier alpha value is -2.54. The van der Waals surface area contributed by atoms with Crippen LogP contribution in [0.3, 0.4) is 0 Å². The summed E-state index contributed by atoms with van der Waals surface area (Å²) in [7, 11) is 0.